The van der Waals surface area contributed by atoms with Crippen LogP contribution in [0.3, 0.4) is 0 Å². The Bertz CT molecular complexity index is 411. The Labute approximate surface area is 110 Å². The second-order valence-corrected chi connectivity index (χ2v) is 6.07. The highest BCUT2D eigenvalue weighted by Gasteiger charge is 2.37. The van der Waals surface area contributed by atoms with Crippen molar-refractivity contribution >= 4 is 0 Å². The summed E-state index contributed by atoms with van der Waals surface area (Å²) in [6, 6.07) is 10.2. The molecule has 1 aromatic rings. The molecule has 3 rings (SSSR count). The molecule has 2 atom stereocenters. The highest BCUT2D eigenvalue weighted by Crippen LogP contribution is 2.36. The predicted molar refractivity (Wildman–Crippen MR) is 75.6 cm³/mol. The molecule has 98 valence electrons. The van der Waals surface area contributed by atoms with E-state index in [1.54, 1.807) is 0 Å². The van der Waals surface area contributed by atoms with Crippen LogP contribution in [0.2, 0.25) is 0 Å². The first-order valence-electron chi connectivity index (χ1n) is 7.26. The third-order valence-electron chi connectivity index (χ3n) is 4.45. The number of piperazine rings is 1. The molecular weight excluding hydrogens is 220 g/mol. The van der Waals surface area contributed by atoms with E-state index in [1.165, 1.54) is 37.1 Å². The average Bonchev–Trinajstić information content (AvgIpc) is 3.16. The van der Waals surface area contributed by atoms with Gasteiger partial charge in [-0.15, -0.1) is 0 Å². The molecule has 2 nitrogen and oxygen atoms in total. The van der Waals surface area contributed by atoms with Gasteiger partial charge in [0.05, 0.1) is 0 Å². The molecule has 2 fully saturated rings. The Kier molecular flexibility index (Phi) is 3.40. The van der Waals surface area contributed by atoms with Crippen molar-refractivity contribution in [1.82, 2.24) is 10.2 Å². The molecule has 1 saturated heterocycles. The summed E-state index contributed by atoms with van der Waals surface area (Å²) in [6.45, 7) is 8.02. The molecule has 2 unspecified atom stereocenters. The molecule has 1 N–H and O–H groups in total. The van der Waals surface area contributed by atoms with Gasteiger partial charge in [-0.05, 0) is 43.7 Å². The van der Waals surface area contributed by atoms with E-state index in [0.717, 1.165) is 18.5 Å². The van der Waals surface area contributed by atoms with Crippen molar-refractivity contribution in [1.29, 1.82) is 0 Å². The summed E-state index contributed by atoms with van der Waals surface area (Å²) < 4.78 is 0. The van der Waals surface area contributed by atoms with Crippen LogP contribution in [0, 0.1) is 12.8 Å². The maximum Gasteiger partial charge on any atom is 0.0253 e. The quantitative estimate of drug-likeness (QED) is 0.879. The fourth-order valence-corrected chi connectivity index (χ4v) is 3.14. The molecule has 1 aliphatic carbocycles. The van der Waals surface area contributed by atoms with E-state index >= 15 is 0 Å². The van der Waals surface area contributed by atoms with E-state index in [1.807, 2.05) is 0 Å². The van der Waals surface area contributed by atoms with Crippen molar-refractivity contribution in [3.8, 4) is 0 Å². The molecule has 0 spiro atoms. The topological polar surface area (TPSA) is 15.3 Å². The van der Waals surface area contributed by atoms with Gasteiger partial charge >= 0.3 is 0 Å². The molecule has 1 saturated carbocycles. The lowest BCUT2D eigenvalue weighted by Gasteiger charge is -2.40. The number of benzene rings is 1. The van der Waals surface area contributed by atoms with Crippen LogP contribution in [0.4, 0.5) is 0 Å². The molecule has 2 heteroatoms. The van der Waals surface area contributed by atoms with Crippen molar-refractivity contribution in [2.24, 2.45) is 5.92 Å². The molecule has 0 amide bonds. The first kappa shape index (κ1) is 12.2. The average molecular weight is 244 g/mol. The highest BCUT2D eigenvalue weighted by molar-refractivity contribution is 5.25. The summed E-state index contributed by atoms with van der Waals surface area (Å²) in [7, 11) is 0. The van der Waals surface area contributed by atoms with Gasteiger partial charge in [-0.1, -0.05) is 24.3 Å². The van der Waals surface area contributed by atoms with E-state index < -0.39 is 0 Å². The number of hydrogen-bond acceptors (Lipinski definition) is 2. The summed E-state index contributed by atoms with van der Waals surface area (Å²) in [5.74, 6) is 0.953. The van der Waals surface area contributed by atoms with Gasteiger partial charge in [-0.2, -0.15) is 0 Å². The van der Waals surface area contributed by atoms with Crippen molar-refractivity contribution in [2.75, 3.05) is 13.1 Å². The minimum atomic E-state index is 0.629. The van der Waals surface area contributed by atoms with Gasteiger partial charge in [-0.25, -0.2) is 0 Å². The third-order valence-corrected chi connectivity index (χ3v) is 4.45. The van der Waals surface area contributed by atoms with Gasteiger partial charge in [0, 0.05) is 31.7 Å². The van der Waals surface area contributed by atoms with Crippen molar-refractivity contribution in [2.45, 2.75) is 45.3 Å². The Morgan fingerprint density at radius 1 is 1.28 bits per heavy atom. The van der Waals surface area contributed by atoms with Crippen LogP contribution in [-0.4, -0.2) is 30.1 Å². The van der Waals surface area contributed by atoms with Crippen LogP contribution in [0.15, 0.2) is 24.3 Å². The van der Waals surface area contributed by atoms with Crippen molar-refractivity contribution < 1.29 is 0 Å². The fraction of sp³-hybridized carbons (Fsp3) is 0.625. The van der Waals surface area contributed by atoms with Crippen LogP contribution in [0.25, 0.3) is 0 Å². The largest absolute Gasteiger partial charge is 0.311 e. The zero-order valence-corrected chi connectivity index (χ0v) is 11.5. The summed E-state index contributed by atoms with van der Waals surface area (Å²) in [6.07, 6.45) is 2.87. The lowest BCUT2D eigenvalue weighted by Crippen LogP contribution is -2.55. The Hall–Kier alpha value is -0.860. The normalized spacial score (nSPS) is 29.4. The van der Waals surface area contributed by atoms with E-state index in [9.17, 15) is 0 Å². The molecular formula is C16H24N2. The fourth-order valence-electron chi connectivity index (χ4n) is 3.14. The lowest BCUT2D eigenvalue weighted by molar-refractivity contribution is 0.112. The smallest absolute Gasteiger partial charge is 0.0253 e. The second-order valence-electron chi connectivity index (χ2n) is 6.07. The first-order valence-corrected chi connectivity index (χ1v) is 7.26. The maximum absolute atomic E-state index is 3.64. The number of nitrogens with zero attached hydrogens (tertiary/aromatic N) is 1. The van der Waals surface area contributed by atoms with Crippen molar-refractivity contribution in [3.05, 3.63) is 35.4 Å². The van der Waals surface area contributed by atoms with Gasteiger partial charge in [0.1, 0.15) is 0 Å². The number of nitrogens with one attached hydrogen (secondary N) is 1. The van der Waals surface area contributed by atoms with Gasteiger partial charge in [0.25, 0.3) is 0 Å². The van der Waals surface area contributed by atoms with Crippen LogP contribution in [-0.2, 0) is 6.54 Å². The second kappa shape index (κ2) is 5.02. The standard InChI is InChI=1S/C16H24N2/c1-12-5-3-4-6-15(12)11-18-10-13(2)17-9-16(18)14-7-8-14/h3-6,13-14,16-17H,7-11H2,1-2H3. The first-order chi connectivity index (χ1) is 8.74. The van der Waals surface area contributed by atoms with Gasteiger partial charge in [0.15, 0.2) is 0 Å². The summed E-state index contributed by atoms with van der Waals surface area (Å²) in [5.41, 5.74) is 2.93. The van der Waals surface area contributed by atoms with Crippen LogP contribution in [0.5, 0.6) is 0 Å². The summed E-state index contributed by atoms with van der Waals surface area (Å²) in [4.78, 5) is 2.71. The molecule has 2 aliphatic rings. The molecule has 18 heavy (non-hydrogen) atoms. The monoisotopic (exact) mass is 244 g/mol. The third kappa shape index (κ3) is 2.60. The molecule has 0 bridgehead atoms. The van der Waals surface area contributed by atoms with Crippen LogP contribution >= 0.6 is 0 Å². The predicted octanol–water partition coefficient (Wildman–Crippen LogP) is 2.57. The molecule has 1 aliphatic heterocycles. The van der Waals surface area contributed by atoms with E-state index in [2.05, 4.69) is 48.3 Å². The molecule has 1 heterocycles. The molecule has 1 aromatic carbocycles. The highest BCUT2D eigenvalue weighted by atomic mass is 15.2. The molecule has 0 radical (unpaired) electrons. The Morgan fingerprint density at radius 3 is 2.78 bits per heavy atom. The van der Waals surface area contributed by atoms with Crippen molar-refractivity contribution in [3.63, 3.8) is 0 Å². The Balaban J connectivity index is 1.74. The van der Waals surface area contributed by atoms with Crippen LogP contribution in [0.1, 0.15) is 30.9 Å². The number of aryl methyl sites for hydroxylation is 1. The Morgan fingerprint density at radius 2 is 2.06 bits per heavy atom. The van der Waals surface area contributed by atoms with Gasteiger partial charge in [-0.3, -0.25) is 4.90 Å². The van der Waals surface area contributed by atoms with Crippen LogP contribution < -0.4 is 5.32 Å². The zero-order valence-electron chi connectivity index (χ0n) is 11.5. The van der Waals surface area contributed by atoms with Gasteiger partial charge < -0.3 is 5.32 Å². The van der Waals surface area contributed by atoms with Gasteiger partial charge in [0.2, 0.25) is 0 Å². The van der Waals surface area contributed by atoms with E-state index in [4.69, 9.17) is 0 Å². The summed E-state index contributed by atoms with van der Waals surface area (Å²) >= 11 is 0. The number of rotatable bonds is 3. The lowest BCUT2D eigenvalue weighted by atomic mass is 10.0. The number of hydrogen-bond donors (Lipinski definition) is 1. The zero-order chi connectivity index (χ0) is 12.5. The minimum absolute atomic E-state index is 0.629. The minimum Gasteiger partial charge on any atom is -0.311 e. The van der Waals surface area contributed by atoms with E-state index in [-0.39, 0.29) is 0 Å². The summed E-state index contributed by atoms with van der Waals surface area (Å²) in [5, 5.41) is 3.64. The van der Waals surface area contributed by atoms with E-state index in [0.29, 0.717) is 6.04 Å². The maximum atomic E-state index is 3.64. The molecule has 0 aromatic heterocycles. The SMILES string of the molecule is Cc1ccccc1CN1CC(C)NCC1C1CC1.